The van der Waals surface area contributed by atoms with Crippen molar-refractivity contribution in [3.63, 3.8) is 0 Å². The fourth-order valence-corrected chi connectivity index (χ4v) is 6.12. The molecule has 0 aliphatic carbocycles. The third kappa shape index (κ3) is 6.72. The first-order valence-corrected chi connectivity index (χ1v) is 16.7. The molecule has 11 heteroatoms. The van der Waals surface area contributed by atoms with Crippen LogP contribution in [0.4, 0.5) is 28.8 Å². The van der Waals surface area contributed by atoms with Crippen molar-refractivity contribution in [2.75, 3.05) is 62.3 Å². The molecule has 0 saturated carbocycles. The predicted octanol–water partition coefficient (Wildman–Crippen LogP) is 6.50. The number of pyridine rings is 1. The Balaban J connectivity index is 1.43. The van der Waals surface area contributed by atoms with Gasteiger partial charge in [0, 0.05) is 48.1 Å². The number of ether oxygens (including phenoxy) is 2. The second-order valence-electron chi connectivity index (χ2n) is 10.4. The largest absolute Gasteiger partial charge is 0.495 e. The number of morpholine rings is 1. The average Bonchev–Trinajstić information content (AvgIpc) is 2.96. The number of aryl methyl sites for hydroxylation is 2. The minimum absolute atomic E-state index is 0.415. The maximum Gasteiger partial charge on any atom is 0.229 e. The molecule has 0 unspecified atom stereocenters. The van der Waals surface area contributed by atoms with E-state index in [1.54, 1.807) is 26.6 Å². The average molecular weight is 638 g/mol. The summed E-state index contributed by atoms with van der Waals surface area (Å²) in [6.45, 7) is 10.6. The first-order valence-electron chi connectivity index (χ1n) is 13.3. The summed E-state index contributed by atoms with van der Waals surface area (Å²) >= 11 is 3.57. The van der Waals surface area contributed by atoms with Gasteiger partial charge in [0.25, 0.3) is 0 Å². The molecule has 0 bridgehead atoms. The summed E-state index contributed by atoms with van der Waals surface area (Å²) in [6.07, 6.45) is 3.52. The normalized spacial score (nSPS) is 13.7. The first kappa shape index (κ1) is 29.0. The number of nitrogens with zero attached hydrogens (tertiary/aromatic N) is 4. The zero-order valence-corrected chi connectivity index (χ0v) is 26.3. The third-order valence-electron chi connectivity index (χ3n) is 6.91. The summed E-state index contributed by atoms with van der Waals surface area (Å²) in [5.74, 6) is 1.73. The number of benzene rings is 2. The molecule has 9 nitrogen and oxygen atoms in total. The van der Waals surface area contributed by atoms with E-state index < -0.39 is 7.14 Å². The van der Waals surface area contributed by atoms with Crippen molar-refractivity contribution in [2.24, 2.45) is 0 Å². The minimum Gasteiger partial charge on any atom is -0.495 e. The molecule has 214 valence electrons. The van der Waals surface area contributed by atoms with Crippen molar-refractivity contribution in [1.29, 1.82) is 0 Å². The summed E-state index contributed by atoms with van der Waals surface area (Å²) < 4.78 is 25.3. The number of nitrogens with one attached hydrogen (secondary N) is 2. The molecule has 4 aromatic rings. The molecule has 0 spiro atoms. The number of hydrogen-bond acceptors (Lipinski definition) is 9. The van der Waals surface area contributed by atoms with Crippen LogP contribution < -0.4 is 25.6 Å². The van der Waals surface area contributed by atoms with Gasteiger partial charge in [-0.25, -0.2) is 4.98 Å². The van der Waals surface area contributed by atoms with Crippen LogP contribution in [0.3, 0.4) is 0 Å². The summed E-state index contributed by atoms with van der Waals surface area (Å²) in [7, 11) is -0.979. The van der Waals surface area contributed by atoms with E-state index in [4.69, 9.17) is 14.5 Å². The molecule has 0 radical (unpaired) electrons. The van der Waals surface area contributed by atoms with Crippen LogP contribution in [0.2, 0.25) is 0 Å². The number of aromatic nitrogens is 3. The Labute approximate surface area is 249 Å². The van der Waals surface area contributed by atoms with E-state index in [9.17, 15) is 4.57 Å². The molecule has 2 aromatic heterocycles. The van der Waals surface area contributed by atoms with E-state index >= 15 is 0 Å². The third-order valence-corrected chi connectivity index (χ3v) is 9.02. The van der Waals surface area contributed by atoms with E-state index in [-0.39, 0.29) is 0 Å². The highest BCUT2D eigenvalue weighted by Crippen LogP contribution is 2.40. The summed E-state index contributed by atoms with van der Waals surface area (Å²) in [4.78, 5) is 16.0. The Morgan fingerprint density at radius 3 is 2.44 bits per heavy atom. The summed E-state index contributed by atoms with van der Waals surface area (Å²) in [5, 5.41) is 7.44. The Morgan fingerprint density at radius 1 is 0.976 bits per heavy atom. The van der Waals surface area contributed by atoms with Crippen LogP contribution in [0, 0.1) is 13.8 Å². The lowest BCUT2D eigenvalue weighted by Gasteiger charge is -2.30. The van der Waals surface area contributed by atoms with Crippen molar-refractivity contribution in [2.45, 2.75) is 13.8 Å². The van der Waals surface area contributed by atoms with Crippen LogP contribution in [0.1, 0.15) is 11.1 Å². The number of methoxy groups -OCH3 is 1. The predicted molar refractivity (Wildman–Crippen MR) is 171 cm³/mol. The summed E-state index contributed by atoms with van der Waals surface area (Å²) in [5.41, 5.74) is 6.46. The van der Waals surface area contributed by atoms with Gasteiger partial charge in [-0.05, 0) is 78.5 Å². The van der Waals surface area contributed by atoms with Crippen LogP contribution in [0.15, 0.2) is 59.3 Å². The maximum absolute atomic E-state index is 13.4. The van der Waals surface area contributed by atoms with E-state index in [1.807, 2.05) is 56.4 Å². The zero-order chi connectivity index (χ0) is 29.1. The Hall–Kier alpha value is -3.46. The molecule has 41 heavy (non-hydrogen) atoms. The SMILES string of the molecule is COc1cc(Nc2ncc(Br)c(Nc3ccc(-c4ccc(C)cn4)cc3P(C)(C)=O)n2)c(C)cc1N1CCOCC1. The van der Waals surface area contributed by atoms with Crippen LogP contribution in [-0.2, 0) is 9.30 Å². The van der Waals surface area contributed by atoms with E-state index in [2.05, 4.69) is 47.5 Å². The Morgan fingerprint density at radius 2 is 1.76 bits per heavy atom. The fourth-order valence-electron chi connectivity index (χ4n) is 4.67. The van der Waals surface area contributed by atoms with Crippen molar-refractivity contribution in [3.8, 4) is 17.0 Å². The Bertz CT molecular complexity index is 1600. The minimum atomic E-state index is -2.65. The molecular formula is C30H34BrN6O3P. The highest BCUT2D eigenvalue weighted by molar-refractivity contribution is 9.10. The first-order chi connectivity index (χ1) is 19.6. The molecule has 1 saturated heterocycles. The monoisotopic (exact) mass is 636 g/mol. The van der Waals surface area contributed by atoms with Crippen LogP contribution in [0.25, 0.3) is 11.3 Å². The van der Waals surface area contributed by atoms with Gasteiger partial charge in [-0.1, -0.05) is 12.1 Å². The van der Waals surface area contributed by atoms with Gasteiger partial charge in [-0.2, -0.15) is 4.98 Å². The van der Waals surface area contributed by atoms with Gasteiger partial charge in [-0.3, -0.25) is 4.98 Å². The molecule has 1 aliphatic rings. The number of anilines is 5. The second-order valence-corrected chi connectivity index (χ2v) is 14.4. The molecule has 3 heterocycles. The van der Waals surface area contributed by atoms with Crippen molar-refractivity contribution in [1.82, 2.24) is 15.0 Å². The van der Waals surface area contributed by atoms with Crippen molar-refractivity contribution < 1.29 is 14.0 Å². The van der Waals surface area contributed by atoms with Gasteiger partial charge in [0.1, 0.15) is 18.7 Å². The van der Waals surface area contributed by atoms with Crippen LogP contribution >= 0.6 is 23.1 Å². The van der Waals surface area contributed by atoms with Gasteiger partial charge < -0.3 is 29.6 Å². The second kappa shape index (κ2) is 12.2. The van der Waals surface area contributed by atoms with Gasteiger partial charge in [0.2, 0.25) is 5.95 Å². The molecular weight excluding hydrogens is 603 g/mol. The summed E-state index contributed by atoms with van der Waals surface area (Å²) in [6, 6.07) is 13.9. The number of hydrogen-bond donors (Lipinski definition) is 2. The topological polar surface area (TPSA) is 102 Å². The van der Waals surface area contributed by atoms with E-state index in [1.165, 1.54) is 0 Å². The molecule has 2 aromatic carbocycles. The van der Waals surface area contributed by atoms with E-state index in [0.29, 0.717) is 35.1 Å². The molecule has 2 N–H and O–H groups in total. The molecule has 1 fully saturated rings. The standard InChI is InChI=1S/C30H34BrN6O3P/c1-19-6-8-23(32-17-19)21-7-9-24(28(15-21)41(4,5)38)34-29-22(31)18-33-30(36-29)35-25-16-27(39-3)26(14-20(25)2)37-10-12-40-13-11-37/h6-9,14-18H,10-13H2,1-5H3,(H2,33,34,35,36). The number of halogens is 1. The number of rotatable bonds is 8. The quantitative estimate of drug-likeness (QED) is 0.210. The molecule has 1 aliphatic heterocycles. The smallest absolute Gasteiger partial charge is 0.229 e. The van der Waals surface area contributed by atoms with Crippen molar-refractivity contribution >= 4 is 57.2 Å². The molecule has 0 amide bonds. The maximum atomic E-state index is 13.4. The lowest BCUT2D eigenvalue weighted by atomic mass is 10.1. The Kier molecular flexibility index (Phi) is 8.63. The van der Waals surface area contributed by atoms with Crippen LogP contribution in [-0.4, -0.2) is 61.7 Å². The van der Waals surface area contributed by atoms with Crippen LogP contribution in [0.5, 0.6) is 5.75 Å². The fraction of sp³-hybridized carbons (Fsp3) is 0.300. The van der Waals surface area contributed by atoms with Gasteiger partial charge in [0.05, 0.1) is 41.9 Å². The molecule has 5 rings (SSSR count). The molecule has 0 atom stereocenters. The van der Waals surface area contributed by atoms with Crippen molar-refractivity contribution in [3.05, 3.63) is 70.5 Å². The lowest BCUT2D eigenvalue weighted by molar-refractivity contribution is 0.122. The lowest BCUT2D eigenvalue weighted by Crippen LogP contribution is -2.36. The highest BCUT2D eigenvalue weighted by atomic mass is 79.9. The zero-order valence-electron chi connectivity index (χ0n) is 23.9. The van der Waals surface area contributed by atoms with Gasteiger partial charge >= 0.3 is 0 Å². The highest BCUT2D eigenvalue weighted by Gasteiger charge is 2.20. The van der Waals surface area contributed by atoms with Gasteiger partial charge in [0.15, 0.2) is 0 Å². The van der Waals surface area contributed by atoms with Gasteiger partial charge in [-0.15, -0.1) is 0 Å². The van der Waals surface area contributed by atoms with E-state index in [0.717, 1.165) is 57.9 Å².